The van der Waals surface area contributed by atoms with Gasteiger partial charge < -0.3 is 5.73 Å². The molecule has 2 N–H and O–H groups in total. The summed E-state index contributed by atoms with van der Waals surface area (Å²) in [6, 6.07) is 0. The fraction of sp³-hybridized carbons (Fsp3) is 0.375. The second kappa shape index (κ2) is 3.30. The topological polar surface area (TPSA) is 68.9 Å². The van der Waals surface area contributed by atoms with Gasteiger partial charge in [-0.1, -0.05) is 6.92 Å². The van der Waals surface area contributed by atoms with E-state index in [2.05, 4.69) is 9.97 Å². The Balaban J connectivity index is 3.17. The van der Waals surface area contributed by atoms with Gasteiger partial charge in [0.1, 0.15) is 5.69 Å². The standard InChI is InChI=1S/C8H11N3O/c1-3-6-4-10-8(9)7(11-6)5(2)12/h4H,3H2,1-2H3,(H2,9,10). The predicted molar refractivity (Wildman–Crippen MR) is 45.8 cm³/mol. The average molecular weight is 165 g/mol. The van der Waals surface area contributed by atoms with Crippen LogP contribution in [-0.4, -0.2) is 15.8 Å². The smallest absolute Gasteiger partial charge is 0.181 e. The number of nitrogens with two attached hydrogens (primary N) is 1. The lowest BCUT2D eigenvalue weighted by Crippen LogP contribution is -2.07. The van der Waals surface area contributed by atoms with Crippen LogP contribution in [0.25, 0.3) is 0 Å². The zero-order chi connectivity index (χ0) is 9.14. The predicted octanol–water partition coefficient (Wildman–Crippen LogP) is 0.824. The van der Waals surface area contributed by atoms with Gasteiger partial charge in [0.2, 0.25) is 0 Å². The first-order valence-corrected chi connectivity index (χ1v) is 3.77. The third kappa shape index (κ3) is 1.58. The van der Waals surface area contributed by atoms with Crippen molar-refractivity contribution in [2.75, 3.05) is 5.73 Å². The van der Waals surface area contributed by atoms with E-state index in [9.17, 15) is 4.79 Å². The van der Waals surface area contributed by atoms with Crippen LogP contribution in [0.3, 0.4) is 0 Å². The number of aromatic nitrogens is 2. The highest BCUT2D eigenvalue weighted by Gasteiger charge is 2.07. The first-order chi connectivity index (χ1) is 5.65. The van der Waals surface area contributed by atoms with Gasteiger partial charge in [-0.3, -0.25) is 4.79 Å². The highest BCUT2D eigenvalue weighted by molar-refractivity contribution is 5.96. The number of aryl methyl sites for hydroxylation is 1. The Kier molecular flexibility index (Phi) is 2.38. The lowest BCUT2D eigenvalue weighted by Gasteiger charge is -2.01. The minimum atomic E-state index is -0.143. The van der Waals surface area contributed by atoms with Crippen LogP contribution in [0.15, 0.2) is 6.20 Å². The number of Topliss-reactive ketones (excluding diaryl/α,β-unsaturated/α-hetero) is 1. The van der Waals surface area contributed by atoms with Gasteiger partial charge in [0, 0.05) is 6.92 Å². The summed E-state index contributed by atoms with van der Waals surface area (Å²) in [5.41, 5.74) is 6.51. The van der Waals surface area contributed by atoms with Crippen molar-refractivity contribution >= 4 is 11.6 Å². The number of nitrogen functional groups attached to an aromatic ring is 1. The maximum Gasteiger partial charge on any atom is 0.181 e. The molecule has 0 unspecified atom stereocenters. The SMILES string of the molecule is CCc1cnc(N)c(C(C)=O)n1. The molecule has 4 heteroatoms. The summed E-state index contributed by atoms with van der Waals surface area (Å²) < 4.78 is 0. The number of nitrogens with zero attached hydrogens (tertiary/aromatic N) is 2. The number of hydrogen-bond acceptors (Lipinski definition) is 4. The van der Waals surface area contributed by atoms with Gasteiger partial charge in [-0.25, -0.2) is 9.97 Å². The van der Waals surface area contributed by atoms with Gasteiger partial charge in [-0.15, -0.1) is 0 Å². The summed E-state index contributed by atoms with van der Waals surface area (Å²) in [5.74, 6) is 0.0648. The highest BCUT2D eigenvalue weighted by Crippen LogP contribution is 2.06. The first-order valence-electron chi connectivity index (χ1n) is 3.77. The van der Waals surface area contributed by atoms with E-state index in [0.717, 1.165) is 12.1 Å². The Morgan fingerprint density at radius 2 is 2.33 bits per heavy atom. The van der Waals surface area contributed by atoms with E-state index in [-0.39, 0.29) is 17.3 Å². The maximum atomic E-state index is 11.0. The van der Waals surface area contributed by atoms with E-state index in [1.54, 1.807) is 6.20 Å². The first kappa shape index (κ1) is 8.64. The molecular weight excluding hydrogens is 154 g/mol. The largest absolute Gasteiger partial charge is 0.382 e. The minimum absolute atomic E-state index is 0.143. The summed E-state index contributed by atoms with van der Waals surface area (Å²) in [6.07, 6.45) is 2.34. The number of ketones is 1. The molecule has 1 rings (SSSR count). The second-order valence-corrected chi connectivity index (χ2v) is 2.50. The third-order valence-electron chi connectivity index (χ3n) is 1.55. The molecular formula is C8H11N3O. The molecule has 12 heavy (non-hydrogen) atoms. The molecule has 0 amide bonds. The lowest BCUT2D eigenvalue weighted by molar-refractivity contribution is 0.101. The molecule has 64 valence electrons. The monoisotopic (exact) mass is 165 g/mol. The normalized spacial score (nSPS) is 9.83. The number of hydrogen-bond donors (Lipinski definition) is 1. The highest BCUT2D eigenvalue weighted by atomic mass is 16.1. The van der Waals surface area contributed by atoms with Gasteiger partial charge in [0.05, 0.1) is 11.9 Å². The summed E-state index contributed by atoms with van der Waals surface area (Å²) in [6.45, 7) is 3.38. The van der Waals surface area contributed by atoms with Crippen molar-refractivity contribution in [2.45, 2.75) is 20.3 Å². The van der Waals surface area contributed by atoms with Crippen molar-refractivity contribution in [3.05, 3.63) is 17.6 Å². The van der Waals surface area contributed by atoms with Crippen LogP contribution in [0.4, 0.5) is 5.82 Å². The number of carbonyl (C=O) groups is 1. The van der Waals surface area contributed by atoms with E-state index in [0.29, 0.717) is 0 Å². The van der Waals surface area contributed by atoms with Crippen molar-refractivity contribution in [3.63, 3.8) is 0 Å². The minimum Gasteiger partial charge on any atom is -0.382 e. The van der Waals surface area contributed by atoms with Crippen molar-refractivity contribution < 1.29 is 4.79 Å². The fourth-order valence-corrected chi connectivity index (χ4v) is 0.864. The van der Waals surface area contributed by atoms with Gasteiger partial charge in [-0.2, -0.15) is 0 Å². The molecule has 0 radical (unpaired) electrons. The van der Waals surface area contributed by atoms with E-state index in [1.165, 1.54) is 6.92 Å². The van der Waals surface area contributed by atoms with Gasteiger partial charge in [-0.05, 0) is 6.42 Å². The zero-order valence-electron chi connectivity index (χ0n) is 7.16. The Hall–Kier alpha value is -1.45. The fourth-order valence-electron chi connectivity index (χ4n) is 0.864. The molecule has 0 aromatic carbocycles. The molecule has 0 saturated carbocycles. The van der Waals surface area contributed by atoms with E-state index >= 15 is 0 Å². The van der Waals surface area contributed by atoms with Crippen LogP contribution in [0.2, 0.25) is 0 Å². The second-order valence-electron chi connectivity index (χ2n) is 2.50. The van der Waals surface area contributed by atoms with Gasteiger partial charge in [0.15, 0.2) is 11.6 Å². The molecule has 0 aliphatic carbocycles. The van der Waals surface area contributed by atoms with Crippen LogP contribution in [0.1, 0.15) is 30.0 Å². The quantitative estimate of drug-likeness (QED) is 0.659. The third-order valence-corrected chi connectivity index (χ3v) is 1.55. The van der Waals surface area contributed by atoms with Crippen molar-refractivity contribution in [1.29, 1.82) is 0 Å². The maximum absolute atomic E-state index is 11.0. The molecule has 1 aromatic heterocycles. The Labute approximate surface area is 70.8 Å². The molecule has 0 aliphatic rings. The molecule has 0 atom stereocenters. The van der Waals surface area contributed by atoms with E-state index in [4.69, 9.17) is 5.73 Å². The van der Waals surface area contributed by atoms with Crippen LogP contribution in [0.5, 0.6) is 0 Å². The molecule has 4 nitrogen and oxygen atoms in total. The number of rotatable bonds is 2. The molecule has 0 bridgehead atoms. The lowest BCUT2D eigenvalue weighted by atomic mass is 10.2. The van der Waals surface area contributed by atoms with Gasteiger partial charge >= 0.3 is 0 Å². The Morgan fingerprint density at radius 1 is 1.67 bits per heavy atom. The number of anilines is 1. The van der Waals surface area contributed by atoms with Crippen LogP contribution < -0.4 is 5.73 Å². The molecule has 0 saturated heterocycles. The zero-order valence-corrected chi connectivity index (χ0v) is 7.16. The van der Waals surface area contributed by atoms with Crippen LogP contribution in [-0.2, 0) is 6.42 Å². The molecule has 0 spiro atoms. The van der Waals surface area contributed by atoms with Crippen molar-refractivity contribution in [2.24, 2.45) is 0 Å². The number of carbonyl (C=O) groups excluding carboxylic acids is 1. The van der Waals surface area contributed by atoms with E-state index < -0.39 is 0 Å². The summed E-state index contributed by atoms with van der Waals surface area (Å²) in [5, 5.41) is 0. The molecule has 0 aliphatic heterocycles. The summed E-state index contributed by atoms with van der Waals surface area (Å²) >= 11 is 0. The van der Waals surface area contributed by atoms with Crippen LogP contribution >= 0.6 is 0 Å². The Bertz CT molecular complexity index is 309. The van der Waals surface area contributed by atoms with Crippen molar-refractivity contribution in [3.8, 4) is 0 Å². The van der Waals surface area contributed by atoms with Crippen LogP contribution in [0, 0.1) is 0 Å². The van der Waals surface area contributed by atoms with Crippen molar-refractivity contribution in [1.82, 2.24) is 9.97 Å². The molecule has 1 aromatic rings. The molecule has 0 fully saturated rings. The summed E-state index contributed by atoms with van der Waals surface area (Å²) in [7, 11) is 0. The van der Waals surface area contributed by atoms with E-state index in [1.807, 2.05) is 6.92 Å². The Morgan fingerprint density at radius 3 is 2.83 bits per heavy atom. The van der Waals surface area contributed by atoms with Gasteiger partial charge in [0.25, 0.3) is 0 Å². The average Bonchev–Trinajstić information content (AvgIpc) is 2.05. The summed E-state index contributed by atoms with van der Waals surface area (Å²) in [4.78, 5) is 18.9. The molecule has 1 heterocycles.